The Kier molecular flexibility index (Phi) is 2.60. The van der Waals surface area contributed by atoms with Crippen LogP contribution in [0.4, 0.5) is 0 Å². The van der Waals surface area contributed by atoms with Gasteiger partial charge in [-0.15, -0.1) is 0 Å². The number of aliphatic imine (C=N–C) groups is 2. The molecule has 0 amide bonds. The molecule has 0 radical (unpaired) electrons. The minimum Gasteiger partial charge on any atom is -0.358 e. The Morgan fingerprint density at radius 3 is 3.00 bits per heavy atom. The molecule has 3 nitrogen and oxygen atoms in total. The first kappa shape index (κ1) is 7.72. The molecule has 0 aromatic heterocycles. The van der Waals surface area contributed by atoms with Gasteiger partial charge in [-0.2, -0.15) is 0 Å². The van der Waals surface area contributed by atoms with Crippen LogP contribution in [0.25, 0.3) is 0 Å². The predicted octanol–water partition coefficient (Wildman–Crippen LogP) is 1.45. The van der Waals surface area contributed by atoms with Gasteiger partial charge in [0.15, 0.2) is 0 Å². The summed E-state index contributed by atoms with van der Waals surface area (Å²) in [6, 6.07) is 0. The lowest BCUT2D eigenvalue weighted by molar-refractivity contribution is 1.06. The Morgan fingerprint density at radius 1 is 1.64 bits per heavy atom. The SMILES string of the molecule is CC=N/C=C1/C=NC(C)=CN1. The van der Waals surface area contributed by atoms with Gasteiger partial charge in [0, 0.05) is 12.4 Å². The van der Waals surface area contributed by atoms with Crippen LogP contribution in [-0.2, 0) is 0 Å². The molecule has 0 spiro atoms. The summed E-state index contributed by atoms with van der Waals surface area (Å²) in [7, 11) is 0. The molecule has 1 aliphatic rings. The summed E-state index contributed by atoms with van der Waals surface area (Å²) < 4.78 is 0. The summed E-state index contributed by atoms with van der Waals surface area (Å²) in [5.41, 5.74) is 1.89. The first-order valence-corrected chi connectivity index (χ1v) is 3.48. The summed E-state index contributed by atoms with van der Waals surface area (Å²) in [5.74, 6) is 0. The lowest BCUT2D eigenvalue weighted by Crippen LogP contribution is -2.10. The third-order valence-electron chi connectivity index (χ3n) is 1.22. The fourth-order valence-electron chi connectivity index (χ4n) is 0.659. The Morgan fingerprint density at radius 2 is 2.45 bits per heavy atom. The molecule has 0 aliphatic carbocycles. The molecule has 1 aliphatic heterocycles. The van der Waals surface area contributed by atoms with E-state index in [1.54, 1.807) is 18.6 Å². The monoisotopic (exact) mass is 149 g/mol. The van der Waals surface area contributed by atoms with Gasteiger partial charge in [-0.25, -0.2) is 0 Å². The average Bonchev–Trinajstić information content (AvgIpc) is 2.04. The van der Waals surface area contributed by atoms with E-state index in [1.807, 2.05) is 20.0 Å². The van der Waals surface area contributed by atoms with Crippen molar-refractivity contribution in [2.45, 2.75) is 13.8 Å². The summed E-state index contributed by atoms with van der Waals surface area (Å²) in [6.45, 7) is 3.81. The summed E-state index contributed by atoms with van der Waals surface area (Å²) in [6.07, 6.45) is 7.06. The van der Waals surface area contributed by atoms with Crippen LogP contribution in [0.5, 0.6) is 0 Å². The highest BCUT2D eigenvalue weighted by molar-refractivity contribution is 5.80. The van der Waals surface area contributed by atoms with E-state index < -0.39 is 0 Å². The van der Waals surface area contributed by atoms with Crippen molar-refractivity contribution in [3.05, 3.63) is 23.8 Å². The molecule has 1 N–H and O–H groups in total. The third kappa shape index (κ3) is 2.37. The fourth-order valence-corrected chi connectivity index (χ4v) is 0.659. The zero-order valence-corrected chi connectivity index (χ0v) is 6.70. The van der Waals surface area contributed by atoms with Crippen LogP contribution < -0.4 is 5.32 Å². The van der Waals surface area contributed by atoms with E-state index in [1.165, 1.54) is 0 Å². The van der Waals surface area contributed by atoms with E-state index in [0.717, 1.165) is 11.4 Å². The minimum atomic E-state index is 0.911. The number of rotatable bonds is 1. The Balaban J connectivity index is 2.62. The van der Waals surface area contributed by atoms with Crippen LogP contribution in [0.2, 0.25) is 0 Å². The Hall–Kier alpha value is -1.38. The van der Waals surface area contributed by atoms with E-state index in [0.29, 0.717) is 0 Å². The number of nitrogens with one attached hydrogen (secondary N) is 1. The van der Waals surface area contributed by atoms with Gasteiger partial charge in [-0.1, -0.05) is 0 Å². The van der Waals surface area contributed by atoms with E-state index in [-0.39, 0.29) is 0 Å². The first-order chi connectivity index (χ1) is 5.33. The molecule has 0 unspecified atom stereocenters. The molecule has 3 heteroatoms. The van der Waals surface area contributed by atoms with Crippen molar-refractivity contribution in [2.75, 3.05) is 0 Å². The van der Waals surface area contributed by atoms with Gasteiger partial charge in [0.1, 0.15) is 0 Å². The maximum atomic E-state index is 4.10. The standard InChI is InChI=1S/C8H11N3/c1-3-9-5-8-6-10-7(2)4-11-8/h3-6,11H,1-2H3/b8-5-,9-3?. The van der Waals surface area contributed by atoms with Crippen LogP contribution >= 0.6 is 0 Å². The van der Waals surface area contributed by atoms with Crippen LogP contribution in [0.3, 0.4) is 0 Å². The van der Waals surface area contributed by atoms with Gasteiger partial charge in [0.05, 0.1) is 23.8 Å². The van der Waals surface area contributed by atoms with Crippen molar-refractivity contribution in [2.24, 2.45) is 9.98 Å². The average molecular weight is 149 g/mol. The number of hydrogen-bond donors (Lipinski definition) is 1. The molecule has 58 valence electrons. The van der Waals surface area contributed by atoms with Crippen molar-refractivity contribution < 1.29 is 0 Å². The highest BCUT2D eigenvalue weighted by Gasteiger charge is 1.94. The van der Waals surface area contributed by atoms with E-state index in [4.69, 9.17) is 0 Å². The quantitative estimate of drug-likeness (QED) is 0.563. The van der Waals surface area contributed by atoms with Crippen molar-refractivity contribution in [3.63, 3.8) is 0 Å². The molecule has 11 heavy (non-hydrogen) atoms. The maximum absolute atomic E-state index is 4.10. The zero-order chi connectivity index (χ0) is 8.10. The van der Waals surface area contributed by atoms with E-state index in [9.17, 15) is 0 Å². The van der Waals surface area contributed by atoms with Gasteiger partial charge in [0.2, 0.25) is 0 Å². The van der Waals surface area contributed by atoms with Crippen LogP contribution in [0.15, 0.2) is 33.8 Å². The normalized spacial score (nSPS) is 20.5. The third-order valence-corrected chi connectivity index (χ3v) is 1.22. The largest absolute Gasteiger partial charge is 0.358 e. The Bertz CT molecular complexity index is 246. The molecule has 0 fully saturated rings. The highest BCUT2D eigenvalue weighted by Crippen LogP contribution is 1.99. The molecule has 0 aromatic rings. The lowest BCUT2D eigenvalue weighted by Gasteiger charge is -2.05. The second kappa shape index (κ2) is 3.71. The van der Waals surface area contributed by atoms with Crippen molar-refractivity contribution >= 4 is 12.4 Å². The van der Waals surface area contributed by atoms with Crippen molar-refractivity contribution in [1.82, 2.24) is 5.32 Å². The smallest absolute Gasteiger partial charge is 0.0752 e. The molecule has 0 atom stereocenters. The number of hydrogen-bond acceptors (Lipinski definition) is 3. The molecule has 1 rings (SSSR count). The molecule has 0 saturated carbocycles. The zero-order valence-electron chi connectivity index (χ0n) is 6.70. The molecule has 0 saturated heterocycles. The topological polar surface area (TPSA) is 36.8 Å². The van der Waals surface area contributed by atoms with Gasteiger partial charge in [-0.05, 0) is 13.8 Å². The van der Waals surface area contributed by atoms with Gasteiger partial charge in [-0.3, -0.25) is 9.98 Å². The van der Waals surface area contributed by atoms with Crippen molar-refractivity contribution in [1.29, 1.82) is 0 Å². The summed E-state index contributed by atoms with van der Waals surface area (Å²) in [5, 5.41) is 3.04. The summed E-state index contributed by atoms with van der Waals surface area (Å²) in [4.78, 5) is 8.05. The number of allylic oxidation sites excluding steroid dienone is 2. The second-order valence-electron chi connectivity index (χ2n) is 2.18. The Labute approximate surface area is 66.2 Å². The van der Waals surface area contributed by atoms with Gasteiger partial charge in [0.25, 0.3) is 0 Å². The van der Waals surface area contributed by atoms with E-state index >= 15 is 0 Å². The summed E-state index contributed by atoms with van der Waals surface area (Å²) >= 11 is 0. The molecule has 0 aromatic carbocycles. The van der Waals surface area contributed by atoms with Crippen LogP contribution in [-0.4, -0.2) is 12.4 Å². The molecular weight excluding hydrogens is 138 g/mol. The molecule has 0 bridgehead atoms. The highest BCUT2D eigenvalue weighted by atomic mass is 14.9. The lowest BCUT2D eigenvalue weighted by atomic mass is 10.4. The van der Waals surface area contributed by atoms with Crippen LogP contribution in [0, 0.1) is 0 Å². The van der Waals surface area contributed by atoms with Crippen LogP contribution in [0.1, 0.15) is 13.8 Å². The predicted molar refractivity (Wildman–Crippen MR) is 47.6 cm³/mol. The molecular formula is C8H11N3. The number of nitrogens with zero attached hydrogens (tertiary/aromatic N) is 2. The fraction of sp³-hybridized carbons (Fsp3) is 0.250. The van der Waals surface area contributed by atoms with E-state index in [2.05, 4.69) is 15.3 Å². The maximum Gasteiger partial charge on any atom is 0.0752 e. The second-order valence-corrected chi connectivity index (χ2v) is 2.18. The van der Waals surface area contributed by atoms with Gasteiger partial charge >= 0.3 is 0 Å². The first-order valence-electron chi connectivity index (χ1n) is 3.48. The molecule has 1 heterocycles. The van der Waals surface area contributed by atoms with Crippen molar-refractivity contribution in [3.8, 4) is 0 Å². The minimum absolute atomic E-state index is 0.911. The van der Waals surface area contributed by atoms with Gasteiger partial charge < -0.3 is 5.32 Å².